The average Bonchev–Trinajstić information content (AvgIpc) is 2.39. The van der Waals surface area contributed by atoms with Crippen LogP contribution in [0.15, 0.2) is 29.2 Å². The topological polar surface area (TPSA) is 89.9 Å². The van der Waals surface area contributed by atoms with E-state index in [-0.39, 0.29) is 28.9 Å². The maximum Gasteiger partial charge on any atom is 0.335 e. The van der Waals surface area contributed by atoms with Gasteiger partial charge in [0.2, 0.25) is 0 Å². The molecule has 6 nitrogen and oxygen atoms in total. The predicted octanol–water partition coefficient (Wildman–Crippen LogP) is 1.21. The van der Waals surface area contributed by atoms with Crippen molar-refractivity contribution in [3.05, 3.63) is 29.8 Å². The highest BCUT2D eigenvalue weighted by Crippen LogP contribution is 2.13. The Morgan fingerprint density at radius 3 is 2.40 bits per heavy atom. The van der Waals surface area contributed by atoms with Gasteiger partial charge in [-0.1, -0.05) is 0 Å². The molecule has 0 aliphatic heterocycles. The predicted molar refractivity (Wildman–Crippen MR) is 72.7 cm³/mol. The molecule has 1 atom stereocenters. The van der Waals surface area contributed by atoms with E-state index in [1.165, 1.54) is 24.3 Å². The number of carboxylic acid groups (broad SMARTS) is 1. The molecule has 1 aromatic rings. The van der Waals surface area contributed by atoms with Crippen LogP contribution in [0.2, 0.25) is 0 Å². The van der Waals surface area contributed by atoms with Crippen molar-refractivity contribution in [3.63, 3.8) is 0 Å². The number of sulfone groups is 1. The van der Waals surface area contributed by atoms with Crippen LogP contribution in [0.25, 0.3) is 0 Å². The van der Waals surface area contributed by atoms with E-state index in [1.807, 2.05) is 0 Å². The van der Waals surface area contributed by atoms with E-state index < -0.39 is 15.8 Å². The molecule has 0 spiro atoms. The number of aromatic carboxylic acids is 1. The van der Waals surface area contributed by atoms with E-state index >= 15 is 0 Å². The Kier molecular flexibility index (Phi) is 6.12. The summed E-state index contributed by atoms with van der Waals surface area (Å²) in [5, 5.41) is 8.75. The maximum absolute atomic E-state index is 12.0. The third-order valence-corrected chi connectivity index (χ3v) is 4.31. The van der Waals surface area contributed by atoms with Crippen LogP contribution in [-0.2, 0) is 19.3 Å². The van der Waals surface area contributed by atoms with Crippen LogP contribution in [0, 0.1) is 0 Å². The van der Waals surface area contributed by atoms with Crippen LogP contribution in [-0.4, -0.2) is 51.7 Å². The second-order valence-electron chi connectivity index (χ2n) is 4.29. The van der Waals surface area contributed by atoms with Crippen LogP contribution in [0.1, 0.15) is 17.3 Å². The van der Waals surface area contributed by atoms with Crippen LogP contribution in [0.4, 0.5) is 0 Å². The van der Waals surface area contributed by atoms with Crippen molar-refractivity contribution in [2.45, 2.75) is 17.9 Å². The number of benzene rings is 1. The van der Waals surface area contributed by atoms with Gasteiger partial charge in [0.05, 0.1) is 35.5 Å². The Labute approximate surface area is 118 Å². The first-order valence-corrected chi connectivity index (χ1v) is 7.68. The fourth-order valence-corrected chi connectivity index (χ4v) is 2.67. The van der Waals surface area contributed by atoms with Crippen LogP contribution in [0.5, 0.6) is 0 Å². The number of hydrogen-bond donors (Lipinski definition) is 1. The molecule has 0 aromatic heterocycles. The molecule has 0 aliphatic carbocycles. The SMILES string of the molecule is COCC(C)OCCS(=O)(=O)c1ccc(C(=O)O)cc1. The molecule has 0 saturated carbocycles. The van der Waals surface area contributed by atoms with E-state index in [1.54, 1.807) is 14.0 Å². The van der Waals surface area contributed by atoms with Crippen molar-refractivity contribution in [1.82, 2.24) is 0 Å². The summed E-state index contributed by atoms with van der Waals surface area (Å²) in [6, 6.07) is 5.11. The molecule has 0 fully saturated rings. The molecule has 0 radical (unpaired) electrons. The molecular formula is C13H18O6S. The molecular weight excluding hydrogens is 284 g/mol. The third-order valence-electron chi connectivity index (χ3n) is 2.62. The van der Waals surface area contributed by atoms with E-state index in [9.17, 15) is 13.2 Å². The number of methoxy groups -OCH3 is 1. The van der Waals surface area contributed by atoms with Crippen molar-refractivity contribution in [2.24, 2.45) is 0 Å². The van der Waals surface area contributed by atoms with Gasteiger partial charge < -0.3 is 14.6 Å². The lowest BCUT2D eigenvalue weighted by Crippen LogP contribution is -2.20. The van der Waals surface area contributed by atoms with Gasteiger partial charge in [0.1, 0.15) is 0 Å². The molecule has 0 saturated heterocycles. The zero-order valence-corrected chi connectivity index (χ0v) is 12.2. The molecule has 1 rings (SSSR count). The van der Waals surface area contributed by atoms with Crippen molar-refractivity contribution >= 4 is 15.8 Å². The van der Waals surface area contributed by atoms with E-state index in [0.29, 0.717) is 6.61 Å². The minimum atomic E-state index is -3.47. The van der Waals surface area contributed by atoms with Crippen molar-refractivity contribution < 1.29 is 27.8 Å². The highest BCUT2D eigenvalue weighted by molar-refractivity contribution is 7.91. The van der Waals surface area contributed by atoms with E-state index in [0.717, 1.165) is 0 Å². The van der Waals surface area contributed by atoms with Crippen molar-refractivity contribution in [1.29, 1.82) is 0 Å². The zero-order valence-electron chi connectivity index (χ0n) is 11.4. The molecule has 0 heterocycles. The lowest BCUT2D eigenvalue weighted by molar-refractivity contribution is 0.0163. The van der Waals surface area contributed by atoms with Gasteiger partial charge in [-0.3, -0.25) is 0 Å². The summed E-state index contributed by atoms with van der Waals surface area (Å²) in [6.45, 7) is 2.25. The average molecular weight is 302 g/mol. The number of rotatable bonds is 8. The largest absolute Gasteiger partial charge is 0.478 e. The summed E-state index contributed by atoms with van der Waals surface area (Å²) >= 11 is 0. The van der Waals surface area contributed by atoms with Gasteiger partial charge in [-0.05, 0) is 31.2 Å². The highest BCUT2D eigenvalue weighted by Gasteiger charge is 2.15. The van der Waals surface area contributed by atoms with Gasteiger partial charge in [0.15, 0.2) is 9.84 Å². The normalized spacial score (nSPS) is 13.1. The second kappa shape index (κ2) is 7.37. The number of hydrogen-bond acceptors (Lipinski definition) is 5. The highest BCUT2D eigenvalue weighted by atomic mass is 32.2. The molecule has 1 N–H and O–H groups in total. The lowest BCUT2D eigenvalue weighted by atomic mass is 10.2. The molecule has 7 heteroatoms. The molecule has 112 valence electrons. The van der Waals surface area contributed by atoms with Crippen LogP contribution < -0.4 is 0 Å². The third kappa shape index (κ3) is 4.92. The molecule has 0 aliphatic rings. The maximum atomic E-state index is 12.0. The van der Waals surface area contributed by atoms with Crippen molar-refractivity contribution in [2.75, 3.05) is 26.1 Å². The summed E-state index contributed by atoms with van der Waals surface area (Å²) in [4.78, 5) is 10.8. The number of carbonyl (C=O) groups is 1. The molecule has 1 unspecified atom stereocenters. The smallest absolute Gasteiger partial charge is 0.335 e. The Balaban J connectivity index is 2.62. The van der Waals surface area contributed by atoms with Crippen molar-refractivity contribution in [3.8, 4) is 0 Å². The van der Waals surface area contributed by atoms with Gasteiger partial charge in [0, 0.05) is 7.11 Å². The van der Waals surface area contributed by atoms with Gasteiger partial charge in [-0.15, -0.1) is 0 Å². The van der Waals surface area contributed by atoms with E-state index in [2.05, 4.69) is 0 Å². The molecule has 20 heavy (non-hydrogen) atoms. The minimum Gasteiger partial charge on any atom is -0.478 e. The van der Waals surface area contributed by atoms with Gasteiger partial charge in [0.25, 0.3) is 0 Å². The summed E-state index contributed by atoms with van der Waals surface area (Å²) < 4.78 is 34.2. The van der Waals surface area contributed by atoms with Gasteiger partial charge in [-0.2, -0.15) is 0 Å². The molecule has 0 amide bonds. The summed E-state index contributed by atoms with van der Waals surface area (Å²) in [5.41, 5.74) is 0.0499. The number of ether oxygens (including phenoxy) is 2. The van der Waals surface area contributed by atoms with E-state index in [4.69, 9.17) is 14.6 Å². The summed E-state index contributed by atoms with van der Waals surface area (Å²) in [6.07, 6.45) is -0.176. The zero-order chi connectivity index (χ0) is 15.2. The summed E-state index contributed by atoms with van der Waals surface area (Å²) in [7, 11) is -1.93. The molecule has 0 bridgehead atoms. The minimum absolute atomic E-state index is 0.0499. The first-order valence-electron chi connectivity index (χ1n) is 6.03. The first-order chi connectivity index (χ1) is 9.36. The monoisotopic (exact) mass is 302 g/mol. The Morgan fingerprint density at radius 2 is 1.90 bits per heavy atom. The van der Waals surface area contributed by atoms with Gasteiger partial charge >= 0.3 is 5.97 Å². The second-order valence-corrected chi connectivity index (χ2v) is 6.39. The van der Waals surface area contributed by atoms with Gasteiger partial charge in [-0.25, -0.2) is 13.2 Å². The quantitative estimate of drug-likeness (QED) is 0.776. The Morgan fingerprint density at radius 1 is 1.30 bits per heavy atom. The fourth-order valence-electron chi connectivity index (χ4n) is 1.56. The van der Waals surface area contributed by atoms with Crippen LogP contribution in [0.3, 0.4) is 0 Å². The Hall–Kier alpha value is -1.44. The Bertz CT molecular complexity index is 534. The van der Waals surface area contributed by atoms with Crippen LogP contribution >= 0.6 is 0 Å². The number of carboxylic acids is 1. The standard InChI is InChI=1S/C13H18O6S/c1-10(9-18-2)19-7-8-20(16,17)12-5-3-11(4-6-12)13(14)15/h3-6,10H,7-9H2,1-2H3,(H,14,15). The first kappa shape index (κ1) is 16.6. The summed E-state index contributed by atoms with van der Waals surface area (Å²) in [5.74, 6) is -1.25. The molecule has 1 aromatic carbocycles. The lowest BCUT2D eigenvalue weighted by Gasteiger charge is -2.12. The fraction of sp³-hybridized carbons (Fsp3) is 0.462.